The van der Waals surface area contributed by atoms with E-state index < -0.39 is 17.7 Å². The summed E-state index contributed by atoms with van der Waals surface area (Å²) in [5.41, 5.74) is 1.31. The molecule has 1 atom stereocenters. The molecule has 1 aromatic heterocycles. The average Bonchev–Trinajstić information content (AvgIpc) is 3.28. The number of hydrogen-bond donors (Lipinski definition) is 2. The number of ether oxygens (including phenoxy) is 1. The van der Waals surface area contributed by atoms with E-state index in [1.807, 2.05) is 6.07 Å². The number of rotatable bonds is 10. The second-order valence-corrected chi connectivity index (χ2v) is 10.4. The first kappa shape index (κ1) is 28.2. The van der Waals surface area contributed by atoms with Crippen LogP contribution >= 0.6 is 11.3 Å². The van der Waals surface area contributed by atoms with Crippen LogP contribution < -0.4 is 10.1 Å². The number of carbonyl (C=O) groups is 2. The van der Waals surface area contributed by atoms with Crippen molar-refractivity contribution in [1.82, 2.24) is 5.32 Å². The third-order valence-electron chi connectivity index (χ3n) is 5.76. The zero-order valence-corrected chi connectivity index (χ0v) is 21.9. The number of aryl methyl sites for hydroxylation is 2. The van der Waals surface area contributed by atoms with Crippen LogP contribution in [0.3, 0.4) is 0 Å². The molecule has 2 N–H and O–H groups in total. The van der Waals surface area contributed by atoms with Crippen LogP contribution in [0.5, 0.6) is 5.75 Å². The summed E-state index contributed by atoms with van der Waals surface area (Å²) in [6.07, 6.45) is -4.33. The summed E-state index contributed by atoms with van der Waals surface area (Å²) in [4.78, 5) is 24.4. The Morgan fingerprint density at radius 1 is 1.05 bits per heavy atom. The highest BCUT2D eigenvalue weighted by atomic mass is 32.1. The van der Waals surface area contributed by atoms with Gasteiger partial charge in [-0.1, -0.05) is 32.0 Å². The number of amides is 1. The summed E-state index contributed by atoms with van der Waals surface area (Å²) >= 11 is 1.27. The van der Waals surface area contributed by atoms with E-state index in [1.54, 1.807) is 38.1 Å². The first-order chi connectivity index (χ1) is 17.4. The van der Waals surface area contributed by atoms with Crippen molar-refractivity contribution < 1.29 is 32.6 Å². The zero-order valence-electron chi connectivity index (χ0n) is 21.1. The Morgan fingerprint density at radius 3 is 2.30 bits per heavy atom. The maximum Gasteiger partial charge on any atom is 0.417 e. The number of carboxylic acids is 1. The second-order valence-electron chi connectivity index (χ2n) is 9.31. The van der Waals surface area contributed by atoms with Crippen LogP contribution in [0.2, 0.25) is 0 Å². The molecule has 0 radical (unpaired) electrons. The maximum atomic E-state index is 13.6. The molecular formula is C28H30F3NO4S. The first-order valence-electron chi connectivity index (χ1n) is 11.9. The molecule has 2 aromatic carbocycles. The Bertz CT molecular complexity index is 1240. The van der Waals surface area contributed by atoms with Gasteiger partial charge in [0, 0.05) is 11.4 Å². The lowest BCUT2D eigenvalue weighted by molar-refractivity contribution is -0.137. The lowest BCUT2D eigenvalue weighted by Crippen LogP contribution is -2.25. The van der Waals surface area contributed by atoms with Gasteiger partial charge in [0.15, 0.2) is 0 Å². The van der Waals surface area contributed by atoms with Gasteiger partial charge in [0.25, 0.3) is 5.91 Å². The van der Waals surface area contributed by atoms with Crippen LogP contribution in [0.25, 0.3) is 11.1 Å². The molecule has 0 aliphatic heterocycles. The van der Waals surface area contributed by atoms with Crippen LogP contribution in [0.1, 0.15) is 64.0 Å². The third-order valence-corrected chi connectivity index (χ3v) is 6.94. The number of nitrogens with one attached hydrogen (secondary N) is 1. The molecule has 0 unspecified atom stereocenters. The van der Waals surface area contributed by atoms with Crippen molar-refractivity contribution in [1.29, 1.82) is 0 Å². The van der Waals surface area contributed by atoms with E-state index >= 15 is 0 Å². The van der Waals surface area contributed by atoms with Crippen molar-refractivity contribution in [2.45, 2.75) is 52.8 Å². The Hall–Kier alpha value is -3.33. The van der Waals surface area contributed by atoms with Gasteiger partial charge in [0.2, 0.25) is 0 Å². The van der Waals surface area contributed by atoms with E-state index in [4.69, 9.17) is 9.84 Å². The van der Waals surface area contributed by atoms with Crippen molar-refractivity contribution in [2.75, 3.05) is 6.54 Å². The van der Waals surface area contributed by atoms with Crippen LogP contribution in [-0.4, -0.2) is 23.5 Å². The lowest BCUT2D eigenvalue weighted by Gasteiger charge is -2.22. The van der Waals surface area contributed by atoms with Crippen LogP contribution in [-0.2, 0) is 11.0 Å². The first-order valence-corrected chi connectivity index (χ1v) is 12.7. The smallest absolute Gasteiger partial charge is 0.417 e. The number of hydrogen-bond acceptors (Lipinski definition) is 4. The van der Waals surface area contributed by atoms with Gasteiger partial charge >= 0.3 is 12.1 Å². The minimum Gasteiger partial charge on any atom is -0.485 e. The van der Waals surface area contributed by atoms with Crippen molar-refractivity contribution >= 4 is 23.2 Å². The summed E-state index contributed by atoms with van der Waals surface area (Å²) in [6.45, 7) is 7.68. The summed E-state index contributed by atoms with van der Waals surface area (Å²) in [5.74, 6) is -0.522. The van der Waals surface area contributed by atoms with E-state index in [0.29, 0.717) is 33.7 Å². The molecule has 3 aromatic rings. The Labute approximate surface area is 218 Å². The fourth-order valence-electron chi connectivity index (χ4n) is 4.20. The number of carbonyl (C=O) groups excluding carboxylic acids is 1. The summed E-state index contributed by atoms with van der Waals surface area (Å²) in [7, 11) is 0. The van der Waals surface area contributed by atoms with Crippen molar-refractivity contribution in [3.05, 3.63) is 75.0 Å². The van der Waals surface area contributed by atoms with Gasteiger partial charge in [-0.15, -0.1) is 11.3 Å². The Kier molecular flexibility index (Phi) is 9.02. The number of benzene rings is 2. The number of halogens is 3. The average molecular weight is 534 g/mol. The maximum absolute atomic E-state index is 13.6. The normalized spacial score (nSPS) is 12.4. The van der Waals surface area contributed by atoms with Gasteiger partial charge in [-0.3, -0.25) is 9.59 Å². The summed E-state index contributed by atoms with van der Waals surface area (Å²) in [5, 5.41) is 11.3. The molecule has 1 amide bonds. The second kappa shape index (κ2) is 11.8. The molecule has 198 valence electrons. The van der Waals surface area contributed by atoms with Crippen molar-refractivity contribution in [3.63, 3.8) is 0 Å². The van der Waals surface area contributed by atoms with Crippen LogP contribution in [0.15, 0.2) is 48.5 Å². The standard InChI is InChI=1S/C28H30F3NO4S/c1-16(2)13-22(23-9-10-24(37-23)27(35)32-12-11-25(33)34)36-19-14-17(3)26(18(4)15-19)20-7-5-6-8-21(20)28(29,30)31/h5-10,14-16,22H,11-13H2,1-4H3,(H,32,35)(H,33,34)/t22-/m1/s1. The van der Waals surface area contributed by atoms with Gasteiger partial charge in [0.05, 0.1) is 16.9 Å². The number of alkyl halides is 3. The van der Waals surface area contributed by atoms with E-state index in [0.717, 1.165) is 10.9 Å². The fourth-order valence-corrected chi connectivity index (χ4v) is 5.16. The predicted octanol–water partition coefficient (Wildman–Crippen LogP) is 7.42. The molecule has 0 bridgehead atoms. The molecular weight excluding hydrogens is 503 g/mol. The highest BCUT2D eigenvalue weighted by Gasteiger charge is 2.34. The molecule has 0 fully saturated rings. The number of aliphatic carboxylic acids is 1. The molecule has 9 heteroatoms. The van der Waals surface area contributed by atoms with Gasteiger partial charge in [-0.2, -0.15) is 13.2 Å². The van der Waals surface area contributed by atoms with E-state index in [1.165, 1.54) is 23.5 Å². The van der Waals surface area contributed by atoms with Crippen LogP contribution in [0, 0.1) is 19.8 Å². The third kappa shape index (κ3) is 7.35. The SMILES string of the molecule is Cc1cc(O[C@H](CC(C)C)c2ccc(C(=O)NCCC(=O)O)s2)cc(C)c1-c1ccccc1C(F)(F)F. The predicted molar refractivity (Wildman–Crippen MR) is 138 cm³/mol. The summed E-state index contributed by atoms with van der Waals surface area (Å²) in [6, 6.07) is 12.5. The fraction of sp³-hybridized carbons (Fsp3) is 0.357. The Balaban J connectivity index is 1.88. The molecule has 1 heterocycles. The highest BCUT2D eigenvalue weighted by Crippen LogP contribution is 2.41. The lowest BCUT2D eigenvalue weighted by atomic mass is 9.91. The molecule has 0 aliphatic rings. The minimum absolute atomic E-state index is 0.0374. The van der Waals surface area contributed by atoms with E-state index in [-0.39, 0.29) is 36.5 Å². The van der Waals surface area contributed by atoms with E-state index in [2.05, 4.69) is 19.2 Å². The van der Waals surface area contributed by atoms with Gasteiger partial charge in [-0.05, 0) is 78.8 Å². The van der Waals surface area contributed by atoms with Crippen molar-refractivity contribution in [3.8, 4) is 16.9 Å². The molecule has 0 saturated heterocycles. The zero-order chi connectivity index (χ0) is 27.3. The molecule has 0 spiro atoms. The molecule has 5 nitrogen and oxygen atoms in total. The molecule has 0 aliphatic carbocycles. The quantitative estimate of drug-likeness (QED) is 0.284. The van der Waals surface area contributed by atoms with E-state index in [9.17, 15) is 22.8 Å². The van der Waals surface area contributed by atoms with Gasteiger partial charge in [-0.25, -0.2) is 0 Å². The number of thiophene rings is 1. The highest BCUT2D eigenvalue weighted by molar-refractivity contribution is 7.14. The van der Waals surface area contributed by atoms with Gasteiger partial charge < -0.3 is 15.2 Å². The van der Waals surface area contributed by atoms with Gasteiger partial charge in [0.1, 0.15) is 11.9 Å². The Morgan fingerprint density at radius 2 is 1.70 bits per heavy atom. The molecule has 3 rings (SSSR count). The van der Waals surface area contributed by atoms with Crippen LogP contribution in [0.4, 0.5) is 13.2 Å². The summed E-state index contributed by atoms with van der Waals surface area (Å²) < 4.78 is 47.3. The monoisotopic (exact) mass is 533 g/mol. The molecule has 37 heavy (non-hydrogen) atoms. The minimum atomic E-state index is -4.47. The van der Waals surface area contributed by atoms with Crippen molar-refractivity contribution in [2.24, 2.45) is 5.92 Å². The topological polar surface area (TPSA) is 75.6 Å². The molecule has 0 saturated carbocycles. The number of carboxylic acid groups (broad SMARTS) is 1. The largest absolute Gasteiger partial charge is 0.485 e.